The van der Waals surface area contributed by atoms with Crippen LogP contribution in [0.15, 0.2) is 152 Å². The van der Waals surface area contributed by atoms with E-state index in [1.807, 2.05) is 67.7 Å². The normalized spacial score (nSPS) is 15.4. The Morgan fingerprint density at radius 2 is 1.27 bits per heavy atom. The van der Waals surface area contributed by atoms with Crippen molar-refractivity contribution in [1.82, 2.24) is 14.5 Å². The minimum atomic E-state index is -3.27. The quantitative estimate of drug-likeness (QED) is 0.144. The number of fused-ring (bicyclic) bond motifs is 5. The fraction of sp³-hybridized carbons (Fsp3) is 0.0233. The fourth-order valence-corrected chi connectivity index (χ4v) is 11.0. The maximum atomic E-state index is 15.9. The zero-order valence-corrected chi connectivity index (χ0v) is 27.0. The van der Waals surface area contributed by atoms with Crippen LogP contribution in [0.2, 0.25) is 0 Å². The van der Waals surface area contributed by atoms with E-state index >= 15 is 4.57 Å². The van der Waals surface area contributed by atoms with E-state index in [0.29, 0.717) is 0 Å². The van der Waals surface area contributed by atoms with E-state index in [4.69, 9.17) is 9.97 Å². The van der Waals surface area contributed by atoms with Gasteiger partial charge in [-0.1, -0.05) is 115 Å². The van der Waals surface area contributed by atoms with Crippen LogP contribution in [-0.4, -0.2) is 14.5 Å². The third-order valence-corrected chi connectivity index (χ3v) is 13.1. The number of aryl methyl sites for hydroxylation is 1. The Morgan fingerprint density at radius 3 is 2.02 bits per heavy atom. The summed E-state index contributed by atoms with van der Waals surface area (Å²) in [5, 5.41) is 8.22. The van der Waals surface area contributed by atoms with Gasteiger partial charge in [-0.05, 0) is 75.5 Å². The lowest BCUT2D eigenvalue weighted by Crippen LogP contribution is -2.33. The summed E-state index contributed by atoms with van der Waals surface area (Å²) in [6.45, 7) is 2.03. The summed E-state index contributed by atoms with van der Waals surface area (Å²) in [6.07, 6.45) is 1.87. The molecule has 0 fully saturated rings. The molecule has 4 nitrogen and oxygen atoms in total. The molecular formula is C43H28N3OP. The van der Waals surface area contributed by atoms with Gasteiger partial charge in [0.1, 0.15) is 5.82 Å². The van der Waals surface area contributed by atoms with E-state index in [1.54, 1.807) is 0 Å². The van der Waals surface area contributed by atoms with Crippen molar-refractivity contribution in [2.24, 2.45) is 0 Å². The van der Waals surface area contributed by atoms with E-state index in [1.165, 1.54) is 5.56 Å². The highest BCUT2D eigenvalue weighted by molar-refractivity contribution is 7.86. The number of benzene rings is 7. The molecule has 1 aliphatic heterocycles. The summed E-state index contributed by atoms with van der Waals surface area (Å²) < 4.78 is 18.1. The van der Waals surface area contributed by atoms with Crippen molar-refractivity contribution in [3.05, 3.63) is 158 Å². The highest BCUT2D eigenvalue weighted by Gasteiger charge is 2.39. The molecule has 1 unspecified atom stereocenters. The van der Waals surface area contributed by atoms with Gasteiger partial charge >= 0.3 is 0 Å². The molecule has 1 aliphatic rings. The molecule has 9 aromatic rings. The molecule has 0 aliphatic carbocycles. The van der Waals surface area contributed by atoms with E-state index in [9.17, 15) is 0 Å². The number of para-hydroxylation sites is 2. The smallest absolute Gasteiger partial charge is 0.175 e. The van der Waals surface area contributed by atoms with Crippen LogP contribution < -0.4 is 15.9 Å². The topological polar surface area (TPSA) is 47.8 Å². The van der Waals surface area contributed by atoms with Gasteiger partial charge in [0.15, 0.2) is 7.14 Å². The molecule has 0 radical (unpaired) electrons. The third kappa shape index (κ3) is 3.64. The monoisotopic (exact) mass is 633 g/mol. The van der Waals surface area contributed by atoms with Gasteiger partial charge in [0.05, 0.1) is 22.2 Å². The lowest BCUT2D eigenvalue weighted by molar-refractivity contribution is 0.592. The van der Waals surface area contributed by atoms with Crippen molar-refractivity contribution in [3.8, 4) is 27.9 Å². The van der Waals surface area contributed by atoms with Crippen LogP contribution in [0, 0.1) is 6.92 Å². The Hall–Kier alpha value is -5.83. The molecule has 0 amide bonds. The fourth-order valence-electron chi connectivity index (χ4n) is 7.98. The first-order valence-corrected chi connectivity index (χ1v) is 17.9. The molecular weight excluding hydrogens is 605 g/mol. The lowest BCUT2D eigenvalue weighted by atomic mass is 9.85. The Morgan fingerprint density at radius 1 is 0.604 bits per heavy atom. The molecule has 48 heavy (non-hydrogen) atoms. The van der Waals surface area contributed by atoms with Gasteiger partial charge in [0, 0.05) is 33.1 Å². The van der Waals surface area contributed by atoms with Crippen LogP contribution >= 0.6 is 7.14 Å². The maximum absolute atomic E-state index is 15.9. The van der Waals surface area contributed by atoms with Crippen LogP contribution in [0.25, 0.3) is 71.4 Å². The summed E-state index contributed by atoms with van der Waals surface area (Å²) in [4.78, 5) is 9.75. The van der Waals surface area contributed by atoms with Crippen LogP contribution in [0.4, 0.5) is 0 Å². The molecule has 0 saturated heterocycles. The van der Waals surface area contributed by atoms with Crippen molar-refractivity contribution in [1.29, 1.82) is 0 Å². The second kappa shape index (κ2) is 10.1. The van der Waals surface area contributed by atoms with E-state index < -0.39 is 7.14 Å². The molecule has 0 bridgehead atoms. The van der Waals surface area contributed by atoms with Gasteiger partial charge in [0.25, 0.3) is 0 Å². The van der Waals surface area contributed by atoms with Gasteiger partial charge in [-0.25, -0.2) is 4.98 Å². The molecule has 2 aromatic heterocycles. The highest BCUT2D eigenvalue weighted by atomic mass is 31.2. The molecule has 1 atom stereocenters. The first kappa shape index (κ1) is 27.3. The predicted octanol–water partition coefficient (Wildman–Crippen LogP) is 9.48. The lowest BCUT2D eigenvalue weighted by Gasteiger charge is -2.29. The summed E-state index contributed by atoms with van der Waals surface area (Å²) >= 11 is 0. The molecule has 0 spiro atoms. The molecule has 226 valence electrons. The van der Waals surface area contributed by atoms with Gasteiger partial charge < -0.3 is 4.57 Å². The second-order valence-corrected chi connectivity index (χ2v) is 15.2. The van der Waals surface area contributed by atoms with Crippen LogP contribution in [0.5, 0.6) is 0 Å². The third-order valence-electron chi connectivity index (χ3n) is 9.96. The van der Waals surface area contributed by atoms with Crippen molar-refractivity contribution in [2.75, 3.05) is 0 Å². The Kier molecular flexibility index (Phi) is 5.73. The number of imidazole rings is 1. The maximum Gasteiger partial charge on any atom is 0.175 e. The molecule has 7 aromatic carbocycles. The summed E-state index contributed by atoms with van der Waals surface area (Å²) in [5.41, 5.74) is 8.17. The molecule has 0 N–H and O–H groups in total. The van der Waals surface area contributed by atoms with Gasteiger partial charge in [-0.15, -0.1) is 0 Å². The average Bonchev–Trinajstić information content (AvgIpc) is 3.49. The van der Waals surface area contributed by atoms with Gasteiger partial charge in [0.2, 0.25) is 0 Å². The number of hydrogen-bond acceptors (Lipinski definition) is 3. The highest BCUT2D eigenvalue weighted by Crippen LogP contribution is 2.51. The van der Waals surface area contributed by atoms with Crippen molar-refractivity contribution < 1.29 is 4.57 Å². The number of hydrogen-bond donors (Lipinski definition) is 0. The van der Waals surface area contributed by atoms with Crippen molar-refractivity contribution >= 4 is 66.5 Å². The first-order valence-electron chi connectivity index (χ1n) is 16.2. The van der Waals surface area contributed by atoms with E-state index in [0.717, 1.165) is 87.6 Å². The van der Waals surface area contributed by atoms with Gasteiger partial charge in [-0.2, -0.15) is 0 Å². The summed E-state index contributed by atoms with van der Waals surface area (Å²) in [7, 11) is -3.27. The van der Waals surface area contributed by atoms with Gasteiger partial charge in [-0.3, -0.25) is 9.55 Å². The number of aromatic nitrogens is 3. The summed E-state index contributed by atoms with van der Waals surface area (Å²) in [5.74, 6) is 0.884. The van der Waals surface area contributed by atoms with Crippen LogP contribution in [0.1, 0.15) is 5.82 Å². The Bertz CT molecular complexity index is 2770. The molecule has 10 rings (SSSR count). The SMILES string of the molecule is Cc1nc2cccc3c2n1-c1ccc(-c2c4ccccc4c(-c4cccc5cccnc45)c4ccccc24)cc1P3(=O)c1ccccc1. The van der Waals surface area contributed by atoms with Crippen molar-refractivity contribution in [3.63, 3.8) is 0 Å². The number of nitrogens with zero attached hydrogens (tertiary/aromatic N) is 3. The standard InChI is InChI=1S/C43H28N3OP/c1-27-45-36-21-10-22-38-43(36)46(27)37-24-23-29(26-39(37)48(38,47)30-14-3-2-4-15-30)40-31-16-5-7-18-33(31)41(34-19-8-6-17-32(34)40)35-20-9-12-28-13-11-25-44-42(28)35/h2-26H,1H3. The van der Waals surface area contributed by atoms with E-state index in [2.05, 4.69) is 95.6 Å². The molecule has 3 heterocycles. The largest absolute Gasteiger partial charge is 0.308 e. The molecule has 5 heteroatoms. The Balaban J connectivity index is 1.32. The predicted molar refractivity (Wildman–Crippen MR) is 200 cm³/mol. The first-order chi connectivity index (χ1) is 23.6. The van der Waals surface area contributed by atoms with Crippen molar-refractivity contribution in [2.45, 2.75) is 6.92 Å². The summed E-state index contributed by atoms with van der Waals surface area (Å²) in [6, 6.07) is 50.4. The zero-order valence-electron chi connectivity index (χ0n) is 26.1. The number of rotatable bonds is 3. The molecule has 0 saturated carbocycles. The zero-order chi connectivity index (χ0) is 32.0. The Labute approximate surface area is 277 Å². The van der Waals surface area contributed by atoms with Crippen LogP contribution in [-0.2, 0) is 4.57 Å². The van der Waals surface area contributed by atoms with E-state index in [-0.39, 0.29) is 0 Å². The average molecular weight is 634 g/mol. The second-order valence-electron chi connectivity index (χ2n) is 12.5. The van der Waals surface area contributed by atoms with Crippen LogP contribution in [0.3, 0.4) is 0 Å². The number of pyridine rings is 1. The minimum absolute atomic E-state index is 0.828. The minimum Gasteiger partial charge on any atom is -0.308 e.